The number of aromatic amines is 1. The molecule has 0 atom stereocenters. The third-order valence-electron chi connectivity index (χ3n) is 6.20. The second-order valence-electron chi connectivity index (χ2n) is 8.62. The molecule has 1 saturated heterocycles. The monoisotopic (exact) mass is 516 g/mol. The van der Waals surface area contributed by atoms with E-state index < -0.39 is 0 Å². The number of nitrogens with zero attached hydrogens (tertiary/aromatic N) is 4. The lowest BCUT2D eigenvalue weighted by molar-refractivity contribution is 0.0751. The van der Waals surface area contributed by atoms with Crippen molar-refractivity contribution in [2.75, 3.05) is 36.4 Å². The van der Waals surface area contributed by atoms with Crippen LogP contribution in [0, 0.1) is 11.3 Å². The van der Waals surface area contributed by atoms with Crippen LogP contribution in [-0.2, 0) is 13.0 Å². The highest BCUT2D eigenvalue weighted by atomic mass is 35.5. The van der Waals surface area contributed by atoms with Gasteiger partial charge in [0, 0.05) is 44.0 Å². The molecule has 36 heavy (non-hydrogen) atoms. The quantitative estimate of drug-likeness (QED) is 0.354. The lowest BCUT2D eigenvalue weighted by atomic mass is 10.1. The largest absolute Gasteiger partial charge is 0.379 e. The minimum absolute atomic E-state index is 0.0602. The van der Waals surface area contributed by atoms with Crippen LogP contribution < -0.4 is 10.2 Å². The standard InChI is InChI=1S/C27H25ClN6OS/c28-25-10-9-24(36-25)27(35)34-13-11-33(12-14-34)23-7-5-21(6-8-23)30-17-22-18-31-26(32-22)15-19-1-3-20(16-29)4-2-19/h1-10,18,30H,11-15,17H2,(H,31,32). The number of amides is 1. The fraction of sp³-hybridized carbons (Fsp3) is 0.222. The van der Waals surface area contributed by atoms with Crippen LogP contribution in [0.4, 0.5) is 11.4 Å². The number of hydrogen-bond donors (Lipinski definition) is 2. The number of rotatable bonds is 7. The molecule has 5 rings (SSSR count). The van der Waals surface area contributed by atoms with Crippen LogP contribution in [-0.4, -0.2) is 47.0 Å². The van der Waals surface area contributed by atoms with E-state index >= 15 is 0 Å². The molecule has 0 aliphatic carbocycles. The summed E-state index contributed by atoms with van der Waals surface area (Å²) in [7, 11) is 0. The molecule has 0 unspecified atom stereocenters. The Morgan fingerprint density at radius 3 is 2.47 bits per heavy atom. The summed E-state index contributed by atoms with van der Waals surface area (Å²) < 4.78 is 0.641. The van der Waals surface area contributed by atoms with E-state index in [4.69, 9.17) is 16.9 Å². The third-order valence-corrected chi connectivity index (χ3v) is 7.42. The first-order chi connectivity index (χ1) is 17.6. The van der Waals surface area contributed by atoms with Crippen LogP contribution in [0.5, 0.6) is 0 Å². The second-order valence-corrected chi connectivity index (χ2v) is 10.3. The summed E-state index contributed by atoms with van der Waals surface area (Å²) in [6.07, 6.45) is 2.55. The average molecular weight is 517 g/mol. The van der Waals surface area contributed by atoms with Crippen molar-refractivity contribution in [2.45, 2.75) is 13.0 Å². The number of carbonyl (C=O) groups is 1. The number of benzene rings is 2. The number of nitriles is 1. The summed E-state index contributed by atoms with van der Waals surface area (Å²) in [4.78, 5) is 25.4. The lowest BCUT2D eigenvalue weighted by Crippen LogP contribution is -2.48. The van der Waals surface area contributed by atoms with Crippen molar-refractivity contribution in [3.05, 3.63) is 98.7 Å². The minimum atomic E-state index is 0.0602. The maximum atomic E-state index is 12.6. The Labute approximate surface area is 219 Å². The lowest BCUT2D eigenvalue weighted by Gasteiger charge is -2.36. The minimum Gasteiger partial charge on any atom is -0.379 e. The van der Waals surface area contributed by atoms with E-state index in [1.165, 1.54) is 11.3 Å². The average Bonchev–Trinajstić information content (AvgIpc) is 3.56. The number of piperazine rings is 1. The smallest absolute Gasteiger partial charge is 0.264 e. The van der Waals surface area contributed by atoms with Gasteiger partial charge < -0.3 is 20.1 Å². The Kier molecular flexibility index (Phi) is 7.21. The predicted molar refractivity (Wildman–Crippen MR) is 144 cm³/mol. The van der Waals surface area contributed by atoms with Crippen molar-refractivity contribution in [2.24, 2.45) is 0 Å². The zero-order valence-corrected chi connectivity index (χ0v) is 21.1. The van der Waals surface area contributed by atoms with Gasteiger partial charge in [0.05, 0.1) is 39.3 Å². The topological polar surface area (TPSA) is 88.1 Å². The van der Waals surface area contributed by atoms with Gasteiger partial charge in [0.2, 0.25) is 0 Å². The zero-order valence-electron chi connectivity index (χ0n) is 19.6. The molecule has 2 aromatic heterocycles. The fourth-order valence-electron chi connectivity index (χ4n) is 4.22. The number of thiophene rings is 1. The number of carbonyl (C=O) groups excluding carboxylic acids is 1. The van der Waals surface area contributed by atoms with Crippen molar-refractivity contribution in [1.29, 1.82) is 5.26 Å². The van der Waals surface area contributed by atoms with Crippen LogP contribution in [0.2, 0.25) is 4.34 Å². The molecular weight excluding hydrogens is 492 g/mol. The van der Waals surface area contributed by atoms with Gasteiger partial charge in [-0.2, -0.15) is 5.26 Å². The summed E-state index contributed by atoms with van der Waals surface area (Å²) >= 11 is 7.31. The van der Waals surface area contributed by atoms with E-state index in [1.807, 2.05) is 35.4 Å². The van der Waals surface area contributed by atoms with Gasteiger partial charge in [-0.25, -0.2) is 4.98 Å². The molecule has 2 aromatic carbocycles. The van der Waals surface area contributed by atoms with Crippen molar-refractivity contribution >= 4 is 40.2 Å². The Morgan fingerprint density at radius 2 is 1.81 bits per heavy atom. The summed E-state index contributed by atoms with van der Waals surface area (Å²) in [6.45, 7) is 3.63. The number of hydrogen-bond acceptors (Lipinski definition) is 6. The number of nitrogens with one attached hydrogen (secondary N) is 2. The van der Waals surface area contributed by atoms with Crippen molar-refractivity contribution < 1.29 is 4.79 Å². The SMILES string of the molecule is N#Cc1ccc(Cc2ncc(CNc3ccc(N4CCN(C(=O)c5ccc(Cl)s5)CC4)cc3)[nH]2)cc1. The molecule has 3 heterocycles. The van der Waals surface area contributed by atoms with Crippen LogP contribution in [0.3, 0.4) is 0 Å². The molecule has 2 N–H and O–H groups in total. The Balaban J connectivity index is 1.10. The summed E-state index contributed by atoms with van der Waals surface area (Å²) in [5.74, 6) is 0.955. The number of imidazole rings is 1. The molecule has 182 valence electrons. The third kappa shape index (κ3) is 5.70. The highest BCUT2D eigenvalue weighted by molar-refractivity contribution is 7.17. The van der Waals surface area contributed by atoms with Crippen molar-refractivity contribution in [1.82, 2.24) is 14.9 Å². The molecule has 0 saturated carbocycles. The molecular formula is C27H25ClN6OS. The van der Waals surface area contributed by atoms with Crippen LogP contribution in [0.15, 0.2) is 66.9 Å². The summed E-state index contributed by atoms with van der Waals surface area (Å²) in [5, 5.41) is 12.4. The van der Waals surface area contributed by atoms with Gasteiger partial charge in [0.15, 0.2) is 0 Å². The Hall–Kier alpha value is -3.80. The van der Waals surface area contributed by atoms with Gasteiger partial charge >= 0.3 is 0 Å². The molecule has 1 fully saturated rings. The normalized spacial score (nSPS) is 13.4. The molecule has 9 heteroatoms. The maximum absolute atomic E-state index is 12.6. The van der Waals surface area contributed by atoms with E-state index in [-0.39, 0.29) is 5.91 Å². The summed E-state index contributed by atoms with van der Waals surface area (Å²) in [5.41, 5.74) is 4.96. The maximum Gasteiger partial charge on any atom is 0.264 e. The first-order valence-electron chi connectivity index (χ1n) is 11.7. The van der Waals surface area contributed by atoms with Crippen molar-refractivity contribution in [3.63, 3.8) is 0 Å². The molecule has 1 aliphatic rings. The molecule has 1 amide bonds. The fourth-order valence-corrected chi connectivity index (χ4v) is 5.23. The van der Waals surface area contributed by atoms with E-state index in [1.54, 1.807) is 12.1 Å². The van der Waals surface area contributed by atoms with E-state index in [0.29, 0.717) is 40.8 Å². The molecule has 1 aliphatic heterocycles. The first kappa shape index (κ1) is 23.9. The van der Waals surface area contributed by atoms with E-state index in [0.717, 1.165) is 41.5 Å². The van der Waals surface area contributed by atoms with Gasteiger partial charge in [0.1, 0.15) is 5.82 Å². The molecule has 7 nitrogen and oxygen atoms in total. The van der Waals surface area contributed by atoms with Gasteiger partial charge in [-0.3, -0.25) is 4.79 Å². The second kappa shape index (κ2) is 10.9. The number of H-pyrrole nitrogens is 1. The van der Waals surface area contributed by atoms with E-state index in [2.05, 4.69) is 50.5 Å². The van der Waals surface area contributed by atoms with Gasteiger partial charge in [-0.15, -0.1) is 11.3 Å². The molecule has 0 radical (unpaired) electrons. The first-order valence-corrected chi connectivity index (χ1v) is 12.9. The highest BCUT2D eigenvalue weighted by Gasteiger charge is 2.23. The van der Waals surface area contributed by atoms with Crippen LogP contribution >= 0.6 is 22.9 Å². The van der Waals surface area contributed by atoms with Crippen molar-refractivity contribution in [3.8, 4) is 6.07 Å². The zero-order chi connectivity index (χ0) is 24.9. The number of anilines is 2. The van der Waals surface area contributed by atoms with Crippen LogP contribution in [0.1, 0.15) is 32.3 Å². The molecule has 0 bridgehead atoms. The molecule has 0 spiro atoms. The van der Waals surface area contributed by atoms with Gasteiger partial charge in [0.25, 0.3) is 5.91 Å². The number of halogens is 1. The van der Waals surface area contributed by atoms with Crippen LogP contribution in [0.25, 0.3) is 0 Å². The van der Waals surface area contributed by atoms with E-state index in [9.17, 15) is 4.79 Å². The summed E-state index contributed by atoms with van der Waals surface area (Å²) in [6, 6.07) is 21.7. The molecule has 4 aromatic rings. The Morgan fingerprint density at radius 1 is 1.06 bits per heavy atom. The Bertz CT molecular complexity index is 1360. The highest BCUT2D eigenvalue weighted by Crippen LogP contribution is 2.24. The number of aromatic nitrogens is 2. The van der Waals surface area contributed by atoms with Gasteiger partial charge in [-0.1, -0.05) is 23.7 Å². The predicted octanol–water partition coefficient (Wildman–Crippen LogP) is 5.16. The van der Waals surface area contributed by atoms with Gasteiger partial charge in [-0.05, 0) is 54.1 Å².